The molecular formula is C8H6IN3O2. The second-order valence-corrected chi connectivity index (χ2v) is 3.76. The van der Waals surface area contributed by atoms with Gasteiger partial charge in [0.15, 0.2) is 0 Å². The molecule has 0 spiro atoms. The number of hydrogen-bond acceptors (Lipinski definition) is 3. The number of pyridine rings is 1. The Balaban J connectivity index is 2.60. The number of aliphatic carboxylic acids is 1. The first-order chi connectivity index (χ1) is 6.68. The van der Waals surface area contributed by atoms with Crippen LogP contribution in [-0.4, -0.2) is 25.8 Å². The van der Waals surface area contributed by atoms with Crippen LogP contribution >= 0.6 is 22.6 Å². The molecule has 0 radical (unpaired) electrons. The summed E-state index contributed by atoms with van der Waals surface area (Å²) in [5, 5.41) is 13.7. The lowest BCUT2D eigenvalue weighted by Crippen LogP contribution is -2.09. The predicted molar refractivity (Wildman–Crippen MR) is 57.9 cm³/mol. The smallest absolute Gasteiger partial charge is 0.325 e. The fraction of sp³-hybridized carbons (Fsp3) is 0.125. The minimum Gasteiger partial charge on any atom is -0.480 e. The van der Waals surface area contributed by atoms with E-state index in [9.17, 15) is 4.79 Å². The molecule has 0 aromatic carbocycles. The molecule has 0 saturated carbocycles. The summed E-state index contributed by atoms with van der Waals surface area (Å²) in [5.41, 5.74) is 0.749. The van der Waals surface area contributed by atoms with Gasteiger partial charge in [-0.3, -0.25) is 14.5 Å². The van der Waals surface area contributed by atoms with Crippen molar-refractivity contribution in [3.8, 4) is 0 Å². The Bertz CT molecular complexity index is 494. The van der Waals surface area contributed by atoms with Gasteiger partial charge in [0.05, 0.1) is 11.7 Å². The molecule has 2 rings (SSSR count). The minimum atomic E-state index is -0.908. The summed E-state index contributed by atoms with van der Waals surface area (Å²) in [6.07, 6.45) is 3.28. The summed E-state index contributed by atoms with van der Waals surface area (Å²) in [5.74, 6) is -0.908. The Morgan fingerprint density at radius 2 is 2.43 bits per heavy atom. The van der Waals surface area contributed by atoms with Crippen LogP contribution in [0.15, 0.2) is 18.5 Å². The molecule has 0 aliphatic carbocycles. The van der Waals surface area contributed by atoms with Crippen molar-refractivity contribution in [3.63, 3.8) is 0 Å². The third-order valence-corrected chi connectivity index (χ3v) is 2.59. The Morgan fingerprint density at radius 1 is 1.64 bits per heavy atom. The van der Waals surface area contributed by atoms with Crippen LogP contribution in [0.3, 0.4) is 0 Å². The molecule has 2 heterocycles. The van der Waals surface area contributed by atoms with Crippen LogP contribution in [0.4, 0.5) is 0 Å². The summed E-state index contributed by atoms with van der Waals surface area (Å²) >= 11 is 2.07. The molecule has 72 valence electrons. The van der Waals surface area contributed by atoms with Gasteiger partial charge in [-0.15, -0.1) is 0 Å². The third kappa shape index (κ3) is 1.57. The van der Waals surface area contributed by atoms with Crippen molar-refractivity contribution in [1.29, 1.82) is 0 Å². The zero-order valence-corrected chi connectivity index (χ0v) is 9.17. The second kappa shape index (κ2) is 3.52. The van der Waals surface area contributed by atoms with Gasteiger partial charge in [0.2, 0.25) is 0 Å². The van der Waals surface area contributed by atoms with Crippen LogP contribution in [0.1, 0.15) is 0 Å². The van der Waals surface area contributed by atoms with E-state index in [0.29, 0.717) is 0 Å². The lowest BCUT2D eigenvalue weighted by Gasteiger charge is -1.96. The molecule has 2 aromatic rings. The van der Waals surface area contributed by atoms with E-state index in [0.717, 1.165) is 14.6 Å². The summed E-state index contributed by atoms with van der Waals surface area (Å²) in [7, 11) is 0. The van der Waals surface area contributed by atoms with E-state index in [1.54, 1.807) is 12.4 Å². The summed E-state index contributed by atoms with van der Waals surface area (Å²) < 4.78 is 2.23. The average Bonchev–Trinajstić information content (AvgIpc) is 2.44. The Hall–Kier alpha value is -1.18. The number of carbonyl (C=O) groups is 1. The molecule has 0 bridgehead atoms. The van der Waals surface area contributed by atoms with E-state index in [-0.39, 0.29) is 6.54 Å². The number of carboxylic acid groups (broad SMARTS) is 1. The molecule has 0 aliphatic rings. The van der Waals surface area contributed by atoms with Crippen LogP contribution < -0.4 is 0 Å². The van der Waals surface area contributed by atoms with Crippen molar-refractivity contribution < 1.29 is 9.90 Å². The predicted octanol–water partition coefficient (Wildman–Crippen LogP) is 1.12. The molecule has 0 aliphatic heterocycles. The van der Waals surface area contributed by atoms with Gasteiger partial charge in [0, 0.05) is 11.6 Å². The first-order valence-corrected chi connectivity index (χ1v) is 4.94. The van der Waals surface area contributed by atoms with E-state index >= 15 is 0 Å². The first-order valence-electron chi connectivity index (χ1n) is 3.86. The molecular weight excluding hydrogens is 297 g/mol. The molecule has 0 saturated heterocycles. The van der Waals surface area contributed by atoms with E-state index in [1.807, 2.05) is 6.07 Å². The SMILES string of the molecule is O=C(O)Cn1nc(I)c2ccncc21. The van der Waals surface area contributed by atoms with E-state index in [1.165, 1.54) is 4.68 Å². The Kier molecular flexibility index (Phi) is 2.36. The number of nitrogens with zero attached hydrogens (tertiary/aromatic N) is 3. The fourth-order valence-electron chi connectivity index (χ4n) is 1.23. The van der Waals surface area contributed by atoms with Crippen molar-refractivity contribution >= 4 is 39.5 Å². The van der Waals surface area contributed by atoms with Gasteiger partial charge < -0.3 is 5.11 Å². The summed E-state index contributed by atoms with van der Waals surface area (Å²) in [4.78, 5) is 14.5. The standard InChI is InChI=1S/C8H6IN3O2/c9-8-5-1-2-10-3-6(5)12(11-8)4-7(13)14/h1-3H,4H2,(H,13,14). The van der Waals surface area contributed by atoms with Gasteiger partial charge in [-0.2, -0.15) is 5.10 Å². The van der Waals surface area contributed by atoms with E-state index in [2.05, 4.69) is 32.7 Å². The van der Waals surface area contributed by atoms with E-state index < -0.39 is 5.97 Å². The largest absolute Gasteiger partial charge is 0.480 e. The molecule has 2 aromatic heterocycles. The molecule has 0 amide bonds. The minimum absolute atomic E-state index is 0.134. The Morgan fingerprint density at radius 3 is 3.14 bits per heavy atom. The maximum Gasteiger partial charge on any atom is 0.325 e. The lowest BCUT2D eigenvalue weighted by molar-refractivity contribution is -0.137. The van der Waals surface area contributed by atoms with Crippen LogP contribution in [0, 0.1) is 3.70 Å². The number of carboxylic acids is 1. The number of hydrogen-bond donors (Lipinski definition) is 1. The topological polar surface area (TPSA) is 68.0 Å². The van der Waals surface area contributed by atoms with Crippen molar-refractivity contribution in [2.24, 2.45) is 0 Å². The van der Waals surface area contributed by atoms with Gasteiger partial charge in [-0.1, -0.05) is 0 Å². The molecule has 5 nitrogen and oxygen atoms in total. The molecule has 6 heteroatoms. The number of halogens is 1. The van der Waals surface area contributed by atoms with Crippen LogP contribution in [0.5, 0.6) is 0 Å². The van der Waals surface area contributed by atoms with Gasteiger partial charge >= 0.3 is 5.97 Å². The van der Waals surface area contributed by atoms with Crippen molar-refractivity contribution in [3.05, 3.63) is 22.2 Å². The maximum absolute atomic E-state index is 10.5. The highest BCUT2D eigenvalue weighted by molar-refractivity contribution is 14.1. The lowest BCUT2D eigenvalue weighted by atomic mass is 10.3. The zero-order chi connectivity index (χ0) is 10.1. The Labute approximate surface area is 92.9 Å². The molecule has 0 atom stereocenters. The highest BCUT2D eigenvalue weighted by atomic mass is 127. The first kappa shape index (κ1) is 9.38. The highest BCUT2D eigenvalue weighted by Gasteiger charge is 2.09. The molecule has 0 unspecified atom stereocenters. The van der Waals surface area contributed by atoms with Gasteiger partial charge in [-0.05, 0) is 28.7 Å². The zero-order valence-electron chi connectivity index (χ0n) is 7.01. The summed E-state index contributed by atoms with van der Waals surface area (Å²) in [6.45, 7) is -0.134. The summed E-state index contributed by atoms with van der Waals surface area (Å²) in [6, 6.07) is 1.82. The number of rotatable bonds is 2. The van der Waals surface area contributed by atoms with Gasteiger partial charge in [0.25, 0.3) is 0 Å². The normalized spacial score (nSPS) is 10.6. The van der Waals surface area contributed by atoms with Gasteiger partial charge in [-0.25, -0.2) is 0 Å². The molecule has 0 fully saturated rings. The van der Waals surface area contributed by atoms with Crippen molar-refractivity contribution in [2.45, 2.75) is 6.54 Å². The second-order valence-electron chi connectivity index (χ2n) is 2.74. The van der Waals surface area contributed by atoms with Crippen molar-refractivity contribution in [2.75, 3.05) is 0 Å². The average molecular weight is 303 g/mol. The third-order valence-electron chi connectivity index (χ3n) is 1.79. The molecule has 14 heavy (non-hydrogen) atoms. The van der Waals surface area contributed by atoms with Gasteiger partial charge in [0.1, 0.15) is 10.2 Å². The fourth-order valence-corrected chi connectivity index (χ4v) is 1.95. The number of aromatic nitrogens is 3. The van der Waals surface area contributed by atoms with Crippen LogP contribution in [-0.2, 0) is 11.3 Å². The van der Waals surface area contributed by atoms with Crippen LogP contribution in [0.25, 0.3) is 10.9 Å². The van der Waals surface area contributed by atoms with Crippen LogP contribution in [0.2, 0.25) is 0 Å². The number of fused-ring (bicyclic) bond motifs is 1. The quantitative estimate of drug-likeness (QED) is 0.844. The molecule has 1 N–H and O–H groups in total. The maximum atomic E-state index is 10.5. The highest BCUT2D eigenvalue weighted by Crippen LogP contribution is 2.18. The van der Waals surface area contributed by atoms with Crippen molar-refractivity contribution in [1.82, 2.24) is 14.8 Å². The van der Waals surface area contributed by atoms with E-state index in [4.69, 9.17) is 5.11 Å². The monoisotopic (exact) mass is 303 g/mol.